The Balaban J connectivity index is 2.24. The molecule has 0 radical (unpaired) electrons. The first-order chi connectivity index (χ1) is 7.26. The molecule has 0 bridgehead atoms. The van der Waals surface area contributed by atoms with Crippen molar-refractivity contribution < 1.29 is 4.74 Å². The number of ether oxygens (including phenoxy) is 1. The van der Waals surface area contributed by atoms with Crippen LogP contribution in [0.3, 0.4) is 0 Å². The molecule has 0 amide bonds. The highest BCUT2D eigenvalue weighted by molar-refractivity contribution is 4.77. The van der Waals surface area contributed by atoms with Crippen molar-refractivity contribution in [3.05, 3.63) is 0 Å². The molecule has 0 aromatic rings. The van der Waals surface area contributed by atoms with Gasteiger partial charge in [0.05, 0.1) is 6.61 Å². The second-order valence-corrected chi connectivity index (χ2v) is 4.68. The first kappa shape index (κ1) is 12.9. The van der Waals surface area contributed by atoms with E-state index in [1.54, 1.807) is 7.11 Å². The summed E-state index contributed by atoms with van der Waals surface area (Å²) in [4.78, 5) is 2.48. The van der Waals surface area contributed by atoms with E-state index in [0.29, 0.717) is 6.04 Å². The van der Waals surface area contributed by atoms with Gasteiger partial charge < -0.3 is 15.4 Å². The number of hydrogen-bond donors (Lipinski definition) is 1. The molecule has 0 aromatic carbocycles. The average molecular weight is 214 g/mol. The van der Waals surface area contributed by atoms with E-state index >= 15 is 0 Å². The van der Waals surface area contributed by atoms with Crippen LogP contribution in [0.4, 0.5) is 0 Å². The summed E-state index contributed by atoms with van der Waals surface area (Å²) >= 11 is 0. The molecule has 3 heteroatoms. The number of rotatable bonds is 6. The van der Waals surface area contributed by atoms with Crippen LogP contribution in [0, 0.1) is 5.92 Å². The largest absolute Gasteiger partial charge is 0.383 e. The summed E-state index contributed by atoms with van der Waals surface area (Å²) in [6.07, 6.45) is 5.11. The third-order valence-corrected chi connectivity index (χ3v) is 3.40. The van der Waals surface area contributed by atoms with Crippen LogP contribution >= 0.6 is 0 Å². The van der Waals surface area contributed by atoms with Gasteiger partial charge in [-0.15, -0.1) is 0 Å². The smallest absolute Gasteiger partial charge is 0.0589 e. The van der Waals surface area contributed by atoms with Crippen LogP contribution in [-0.4, -0.2) is 44.3 Å². The molecule has 1 saturated carbocycles. The summed E-state index contributed by atoms with van der Waals surface area (Å²) in [5, 5.41) is 0. The quantitative estimate of drug-likeness (QED) is 0.728. The van der Waals surface area contributed by atoms with E-state index in [0.717, 1.165) is 25.6 Å². The molecule has 1 rings (SSSR count). The summed E-state index contributed by atoms with van der Waals surface area (Å²) in [7, 11) is 1.77. The number of likely N-dealkylation sites (N-methyl/N-ethyl adjacent to an activating group) is 1. The summed E-state index contributed by atoms with van der Waals surface area (Å²) in [5.74, 6) is 0.811. The fraction of sp³-hybridized carbons (Fsp3) is 1.00. The Morgan fingerprint density at radius 3 is 2.80 bits per heavy atom. The monoisotopic (exact) mass is 214 g/mol. The Hall–Kier alpha value is -0.120. The molecule has 1 fully saturated rings. The molecule has 2 unspecified atom stereocenters. The van der Waals surface area contributed by atoms with E-state index < -0.39 is 0 Å². The van der Waals surface area contributed by atoms with Crippen molar-refractivity contribution in [2.75, 3.05) is 33.4 Å². The Kier molecular flexibility index (Phi) is 6.22. The number of methoxy groups -OCH3 is 1. The highest BCUT2D eigenvalue weighted by Crippen LogP contribution is 2.23. The van der Waals surface area contributed by atoms with Crippen molar-refractivity contribution in [2.24, 2.45) is 11.7 Å². The maximum Gasteiger partial charge on any atom is 0.0589 e. The van der Waals surface area contributed by atoms with E-state index in [9.17, 15) is 0 Å². The summed E-state index contributed by atoms with van der Waals surface area (Å²) < 4.78 is 5.12. The molecule has 0 heterocycles. The van der Waals surface area contributed by atoms with E-state index in [1.807, 2.05) is 0 Å². The van der Waals surface area contributed by atoms with Crippen molar-refractivity contribution in [2.45, 2.75) is 38.6 Å². The topological polar surface area (TPSA) is 38.5 Å². The Morgan fingerprint density at radius 1 is 1.40 bits per heavy atom. The van der Waals surface area contributed by atoms with Crippen LogP contribution in [0.5, 0.6) is 0 Å². The first-order valence-corrected chi connectivity index (χ1v) is 6.23. The van der Waals surface area contributed by atoms with Crippen LogP contribution in [0.15, 0.2) is 0 Å². The highest BCUT2D eigenvalue weighted by Gasteiger charge is 2.20. The van der Waals surface area contributed by atoms with Crippen LogP contribution in [-0.2, 0) is 4.74 Å². The van der Waals surface area contributed by atoms with E-state index in [2.05, 4.69) is 11.8 Å². The summed E-state index contributed by atoms with van der Waals surface area (Å²) in [6, 6.07) is 0.449. The van der Waals surface area contributed by atoms with Gasteiger partial charge in [-0.25, -0.2) is 0 Å². The fourth-order valence-corrected chi connectivity index (χ4v) is 2.46. The zero-order valence-corrected chi connectivity index (χ0v) is 10.2. The van der Waals surface area contributed by atoms with Crippen molar-refractivity contribution >= 4 is 0 Å². The molecule has 2 N–H and O–H groups in total. The van der Waals surface area contributed by atoms with Crippen molar-refractivity contribution in [1.29, 1.82) is 0 Å². The van der Waals surface area contributed by atoms with Crippen LogP contribution < -0.4 is 5.73 Å². The Morgan fingerprint density at radius 2 is 2.20 bits per heavy atom. The maximum atomic E-state index is 6.00. The van der Waals surface area contributed by atoms with Gasteiger partial charge in [0.25, 0.3) is 0 Å². The zero-order chi connectivity index (χ0) is 11.1. The van der Waals surface area contributed by atoms with Gasteiger partial charge in [-0.2, -0.15) is 0 Å². The lowest BCUT2D eigenvalue weighted by atomic mass is 9.86. The molecule has 0 aliphatic heterocycles. The lowest BCUT2D eigenvalue weighted by molar-refractivity contribution is 0.131. The lowest BCUT2D eigenvalue weighted by Crippen LogP contribution is -2.37. The Labute approximate surface area is 94.0 Å². The second-order valence-electron chi connectivity index (χ2n) is 4.68. The second kappa shape index (κ2) is 7.20. The molecule has 2 atom stereocenters. The molecule has 0 saturated heterocycles. The van der Waals surface area contributed by atoms with Crippen molar-refractivity contribution in [3.63, 3.8) is 0 Å². The predicted octanol–water partition coefficient (Wildman–Crippen LogP) is 1.47. The fourth-order valence-electron chi connectivity index (χ4n) is 2.46. The van der Waals surface area contributed by atoms with Gasteiger partial charge in [0.1, 0.15) is 0 Å². The van der Waals surface area contributed by atoms with Crippen LogP contribution in [0.1, 0.15) is 32.6 Å². The standard InChI is InChI=1S/C12H26N2O/c1-3-14(7-8-15-2)10-11-5-4-6-12(13)9-11/h11-12H,3-10,13H2,1-2H3. The molecule has 3 nitrogen and oxygen atoms in total. The van der Waals surface area contributed by atoms with Gasteiger partial charge in [0, 0.05) is 26.2 Å². The zero-order valence-electron chi connectivity index (χ0n) is 10.2. The molecule has 1 aliphatic carbocycles. The lowest BCUT2D eigenvalue weighted by Gasteiger charge is -2.31. The van der Waals surface area contributed by atoms with Crippen molar-refractivity contribution in [1.82, 2.24) is 4.90 Å². The molecule has 0 aromatic heterocycles. The van der Waals surface area contributed by atoms with Gasteiger partial charge in [0.15, 0.2) is 0 Å². The third kappa shape index (κ3) is 4.96. The molecule has 90 valence electrons. The molecule has 1 aliphatic rings. The number of hydrogen-bond acceptors (Lipinski definition) is 3. The third-order valence-electron chi connectivity index (χ3n) is 3.40. The highest BCUT2D eigenvalue weighted by atomic mass is 16.5. The van der Waals surface area contributed by atoms with Gasteiger partial charge in [-0.3, -0.25) is 0 Å². The minimum Gasteiger partial charge on any atom is -0.383 e. The van der Waals surface area contributed by atoms with Gasteiger partial charge in [-0.05, 0) is 31.7 Å². The molecular weight excluding hydrogens is 188 g/mol. The Bertz CT molecular complexity index is 164. The molecule has 15 heavy (non-hydrogen) atoms. The first-order valence-electron chi connectivity index (χ1n) is 6.23. The van der Waals surface area contributed by atoms with Crippen LogP contribution in [0.25, 0.3) is 0 Å². The normalized spacial score (nSPS) is 27.2. The summed E-state index contributed by atoms with van der Waals surface area (Å²) in [6.45, 7) is 6.44. The number of nitrogens with zero attached hydrogens (tertiary/aromatic N) is 1. The minimum absolute atomic E-state index is 0.449. The summed E-state index contributed by atoms with van der Waals surface area (Å²) in [5.41, 5.74) is 6.00. The van der Waals surface area contributed by atoms with Gasteiger partial charge >= 0.3 is 0 Å². The van der Waals surface area contributed by atoms with E-state index in [4.69, 9.17) is 10.5 Å². The minimum atomic E-state index is 0.449. The molecule has 0 spiro atoms. The van der Waals surface area contributed by atoms with Gasteiger partial charge in [-0.1, -0.05) is 13.3 Å². The van der Waals surface area contributed by atoms with E-state index in [1.165, 1.54) is 32.2 Å². The maximum absolute atomic E-state index is 6.00. The molecular formula is C12H26N2O. The van der Waals surface area contributed by atoms with Gasteiger partial charge in [0.2, 0.25) is 0 Å². The van der Waals surface area contributed by atoms with E-state index in [-0.39, 0.29) is 0 Å². The van der Waals surface area contributed by atoms with Crippen molar-refractivity contribution in [3.8, 4) is 0 Å². The average Bonchev–Trinajstić information content (AvgIpc) is 2.24. The van der Waals surface area contributed by atoms with Crippen LogP contribution in [0.2, 0.25) is 0 Å². The predicted molar refractivity (Wildman–Crippen MR) is 63.9 cm³/mol. The SMILES string of the molecule is CCN(CCOC)CC1CCCC(N)C1. The number of nitrogens with two attached hydrogens (primary N) is 1.